The molecular formula is C7H2F3N7O. The molecule has 0 amide bonds. The van der Waals surface area contributed by atoms with E-state index in [-0.39, 0.29) is 4.68 Å². The molecule has 0 fully saturated rings. The predicted molar refractivity (Wildman–Crippen MR) is 46.0 cm³/mol. The van der Waals surface area contributed by atoms with Crippen molar-refractivity contribution in [1.29, 1.82) is 5.26 Å². The van der Waals surface area contributed by atoms with E-state index in [9.17, 15) is 18.0 Å². The van der Waals surface area contributed by atoms with Crippen molar-refractivity contribution in [2.75, 3.05) is 0 Å². The van der Waals surface area contributed by atoms with Crippen molar-refractivity contribution in [3.8, 4) is 6.07 Å². The predicted octanol–water partition coefficient (Wildman–Crippen LogP) is 0.276. The van der Waals surface area contributed by atoms with Gasteiger partial charge in [-0.05, 0) is 0 Å². The fourth-order valence-electron chi connectivity index (χ4n) is 1.11. The molecular weight excluding hydrogens is 255 g/mol. The van der Waals surface area contributed by atoms with Crippen molar-refractivity contribution in [1.82, 2.24) is 30.0 Å². The molecule has 0 unspecified atom stereocenters. The highest BCUT2D eigenvalue weighted by molar-refractivity contribution is 5.78. The van der Waals surface area contributed by atoms with Crippen LogP contribution < -0.4 is 0 Å². The molecule has 0 N–H and O–H groups in total. The van der Waals surface area contributed by atoms with E-state index in [1.165, 1.54) is 6.07 Å². The molecule has 2 aromatic heterocycles. The Labute approximate surface area is 96.2 Å². The smallest absolute Gasteiger partial charge is 0.243 e. The molecule has 18 heavy (non-hydrogen) atoms. The minimum atomic E-state index is -4.87. The van der Waals surface area contributed by atoms with Gasteiger partial charge in [0.15, 0.2) is 5.69 Å². The number of carbonyl (C=O) groups is 1. The van der Waals surface area contributed by atoms with Gasteiger partial charge in [0.25, 0.3) is 0 Å². The van der Waals surface area contributed by atoms with Gasteiger partial charge in [0.2, 0.25) is 5.69 Å². The van der Waals surface area contributed by atoms with Gasteiger partial charge in [0, 0.05) is 0 Å². The first-order valence-corrected chi connectivity index (χ1v) is 4.29. The van der Waals surface area contributed by atoms with Gasteiger partial charge in [-0.3, -0.25) is 0 Å². The highest BCUT2D eigenvalue weighted by Gasteiger charge is 2.40. The molecule has 0 aliphatic rings. The fraction of sp³-hybridized carbons (Fsp3) is 0.143. The first-order chi connectivity index (χ1) is 8.45. The van der Waals surface area contributed by atoms with Crippen LogP contribution in [0.5, 0.6) is 0 Å². The first-order valence-electron chi connectivity index (χ1n) is 4.29. The topological polar surface area (TPSA) is 102 Å². The lowest BCUT2D eigenvalue weighted by molar-refractivity contribution is -0.141. The Hall–Kier alpha value is -2.77. The van der Waals surface area contributed by atoms with Gasteiger partial charge in [-0.2, -0.15) is 23.1 Å². The lowest BCUT2D eigenvalue weighted by Crippen LogP contribution is -2.23. The van der Waals surface area contributed by atoms with Gasteiger partial charge >= 0.3 is 12.2 Å². The second kappa shape index (κ2) is 3.91. The zero-order valence-corrected chi connectivity index (χ0v) is 8.33. The SMILES string of the molecule is N#Cc1c(C(F)(F)F)nnn1C(=O)n1ccnn1. The average molecular weight is 257 g/mol. The number of carbonyl (C=O) groups excluding carboxylic acids is 1. The number of hydrogen-bond acceptors (Lipinski definition) is 6. The minimum absolute atomic E-state index is 0.206. The van der Waals surface area contributed by atoms with Crippen molar-refractivity contribution in [3.05, 3.63) is 23.8 Å². The Morgan fingerprint density at radius 2 is 2.11 bits per heavy atom. The van der Waals surface area contributed by atoms with Crippen molar-refractivity contribution in [3.63, 3.8) is 0 Å². The third-order valence-electron chi connectivity index (χ3n) is 1.84. The summed E-state index contributed by atoms with van der Waals surface area (Å²) in [6.45, 7) is 0. The average Bonchev–Trinajstić information content (AvgIpc) is 2.96. The molecule has 2 aromatic rings. The summed E-state index contributed by atoms with van der Waals surface area (Å²) >= 11 is 0. The van der Waals surface area contributed by atoms with Crippen LogP contribution in [0.15, 0.2) is 12.4 Å². The second-order valence-electron chi connectivity index (χ2n) is 2.94. The maximum absolute atomic E-state index is 12.4. The van der Waals surface area contributed by atoms with Gasteiger partial charge in [-0.25, -0.2) is 4.79 Å². The zero-order chi connectivity index (χ0) is 13.3. The summed E-state index contributed by atoms with van der Waals surface area (Å²) in [5, 5.41) is 21.0. The molecule has 0 aromatic carbocycles. The maximum atomic E-state index is 12.4. The molecule has 0 saturated heterocycles. The van der Waals surface area contributed by atoms with E-state index >= 15 is 0 Å². The van der Waals surface area contributed by atoms with Crippen LogP contribution in [0.25, 0.3) is 0 Å². The Morgan fingerprint density at radius 1 is 1.39 bits per heavy atom. The van der Waals surface area contributed by atoms with Crippen LogP contribution in [-0.4, -0.2) is 36.0 Å². The lowest BCUT2D eigenvalue weighted by Gasteiger charge is -2.02. The van der Waals surface area contributed by atoms with Crippen LogP contribution in [0.3, 0.4) is 0 Å². The van der Waals surface area contributed by atoms with Crippen molar-refractivity contribution < 1.29 is 18.0 Å². The normalized spacial score (nSPS) is 11.2. The van der Waals surface area contributed by atoms with Gasteiger partial charge in [-0.15, -0.1) is 14.9 Å². The molecule has 0 aliphatic heterocycles. The van der Waals surface area contributed by atoms with Gasteiger partial charge in [0.05, 0.1) is 12.4 Å². The molecule has 0 radical (unpaired) electrons. The Bertz CT molecular complexity index is 620. The van der Waals surface area contributed by atoms with Crippen LogP contribution in [0.2, 0.25) is 0 Å². The summed E-state index contributed by atoms with van der Waals surface area (Å²) in [7, 11) is 0. The summed E-state index contributed by atoms with van der Waals surface area (Å²) < 4.78 is 38.2. The van der Waals surface area contributed by atoms with Crippen LogP contribution in [-0.2, 0) is 6.18 Å². The molecule has 2 heterocycles. The number of halogens is 3. The molecule has 0 atom stereocenters. The Kier molecular flexibility index (Phi) is 2.55. The first kappa shape index (κ1) is 11.7. The standard InChI is InChI=1S/C7H2F3N7O/c8-7(9,10)5-4(3-11)17(15-13-5)6(18)16-2-1-12-14-16/h1-2H. The van der Waals surface area contributed by atoms with Gasteiger partial charge in [-0.1, -0.05) is 10.4 Å². The zero-order valence-electron chi connectivity index (χ0n) is 8.33. The summed E-state index contributed by atoms with van der Waals surface area (Å²) in [5.74, 6) is 0. The molecule has 11 heteroatoms. The molecule has 0 aliphatic carbocycles. The van der Waals surface area contributed by atoms with Crippen LogP contribution in [0, 0.1) is 11.3 Å². The number of rotatable bonds is 0. The van der Waals surface area contributed by atoms with E-state index in [1.54, 1.807) is 0 Å². The Morgan fingerprint density at radius 3 is 2.61 bits per heavy atom. The fourth-order valence-corrected chi connectivity index (χ4v) is 1.11. The lowest BCUT2D eigenvalue weighted by atomic mass is 10.3. The van der Waals surface area contributed by atoms with Crippen molar-refractivity contribution in [2.45, 2.75) is 6.18 Å². The summed E-state index contributed by atoms with van der Waals surface area (Å²) in [6.07, 6.45) is -2.63. The van der Waals surface area contributed by atoms with Gasteiger partial charge < -0.3 is 0 Å². The number of alkyl halides is 3. The highest BCUT2D eigenvalue weighted by Crippen LogP contribution is 2.29. The molecule has 2 rings (SSSR count). The summed E-state index contributed by atoms with van der Waals surface area (Å²) in [5.41, 5.74) is -2.54. The number of hydrogen-bond donors (Lipinski definition) is 0. The van der Waals surface area contributed by atoms with Crippen LogP contribution in [0.1, 0.15) is 11.4 Å². The monoisotopic (exact) mass is 257 g/mol. The van der Waals surface area contributed by atoms with Crippen LogP contribution >= 0.6 is 0 Å². The van der Waals surface area contributed by atoms with E-state index in [1.807, 2.05) is 0 Å². The molecule has 0 saturated carbocycles. The van der Waals surface area contributed by atoms with E-state index < -0.39 is 23.6 Å². The van der Waals surface area contributed by atoms with Crippen molar-refractivity contribution in [2.24, 2.45) is 0 Å². The third kappa shape index (κ3) is 1.79. The maximum Gasteiger partial charge on any atom is 0.438 e. The highest BCUT2D eigenvalue weighted by atomic mass is 19.4. The number of nitrogens with zero attached hydrogens (tertiary/aromatic N) is 7. The largest absolute Gasteiger partial charge is 0.438 e. The van der Waals surface area contributed by atoms with Gasteiger partial charge in [0.1, 0.15) is 6.07 Å². The number of nitriles is 1. The number of aromatic nitrogens is 6. The van der Waals surface area contributed by atoms with Crippen LogP contribution in [0.4, 0.5) is 18.0 Å². The van der Waals surface area contributed by atoms with E-state index in [2.05, 4.69) is 20.6 Å². The molecule has 0 bridgehead atoms. The Balaban J connectivity index is 2.52. The summed E-state index contributed by atoms with van der Waals surface area (Å²) in [6, 6.07) is 0.138. The molecule has 92 valence electrons. The van der Waals surface area contributed by atoms with E-state index in [4.69, 9.17) is 5.26 Å². The molecule has 0 spiro atoms. The van der Waals surface area contributed by atoms with Crippen molar-refractivity contribution >= 4 is 6.03 Å². The second-order valence-corrected chi connectivity index (χ2v) is 2.94. The minimum Gasteiger partial charge on any atom is -0.243 e. The van der Waals surface area contributed by atoms with E-state index in [0.717, 1.165) is 12.4 Å². The quantitative estimate of drug-likeness (QED) is 0.671. The molecule has 8 nitrogen and oxygen atoms in total. The summed E-state index contributed by atoms with van der Waals surface area (Å²) in [4.78, 5) is 11.6. The van der Waals surface area contributed by atoms with E-state index in [0.29, 0.717) is 4.68 Å². The third-order valence-corrected chi connectivity index (χ3v) is 1.84.